The van der Waals surface area contributed by atoms with Crippen molar-refractivity contribution in [3.8, 4) is 11.5 Å². The van der Waals surface area contributed by atoms with Crippen molar-refractivity contribution in [2.45, 2.75) is 31.2 Å². The van der Waals surface area contributed by atoms with Crippen LogP contribution in [0.25, 0.3) is 0 Å². The van der Waals surface area contributed by atoms with Crippen molar-refractivity contribution in [1.82, 2.24) is 4.90 Å². The minimum Gasteiger partial charge on any atom is -0.493 e. The summed E-state index contributed by atoms with van der Waals surface area (Å²) < 4.78 is 10.9. The minimum absolute atomic E-state index is 0.117. The number of methoxy groups -OCH3 is 2. The van der Waals surface area contributed by atoms with Gasteiger partial charge < -0.3 is 14.4 Å². The molecule has 1 aliphatic carbocycles. The Labute approximate surface area is 127 Å². The second-order valence-corrected chi connectivity index (χ2v) is 6.40. The number of ether oxygens (including phenoxy) is 2. The third-order valence-electron chi connectivity index (χ3n) is 5.26. The molecule has 0 N–H and O–H groups in total. The standard InChI is InChI=1S/C18H25NO2/c1-13-6-5-9-18(10-11-19(2)17(13)18)14-7-8-15(20-3)16(12-14)21-4/h5,7-9,12-13,17H,6,10-11H2,1-4H3/t13?,17?,18-/m0/s1. The minimum atomic E-state index is 0.117. The van der Waals surface area contributed by atoms with Gasteiger partial charge in [0.25, 0.3) is 0 Å². The van der Waals surface area contributed by atoms with Crippen molar-refractivity contribution < 1.29 is 9.47 Å². The van der Waals surface area contributed by atoms with Gasteiger partial charge in [0.15, 0.2) is 11.5 Å². The van der Waals surface area contributed by atoms with Crippen LogP contribution in [0.1, 0.15) is 25.3 Å². The summed E-state index contributed by atoms with van der Waals surface area (Å²) >= 11 is 0. The Morgan fingerprint density at radius 3 is 2.67 bits per heavy atom. The smallest absolute Gasteiger partial charge is 0.161 e. The van der Waals surface area contributed by atoms with Crippen molar-refractivity contribution in [2.24, 2.45) is 5.92 Å². The number of likely N-dealkylation sites (N-methyl/N-ethyl adjacent to an activating group) is 1. The molecular weight excluding hydrogens is 262 g/mol. The summed E-state index contributed by atoms with van der Waals surface area (Å²) in [5, 5.41) is 0. The molecule has 0 amide bonds. The number of fused-ring (bicyclic) bond motifs is 1. The number of hydrogen-bond acceptors (Lipinski definition) is 3. The molecule has 0 radical (unpaired) electrons. The van der Waals surface area contributed by atoms with Crippen molar-refractivity contribution in [3.63, 3.8) is 0 Å². The highest BCUT2D eigenvalue weighted by Gasteiger charge is 2.49. The normalized spacial score (nSPS) is 32.0. The molecule has 3 rings (SSSR count). The van der Waals surface area contributed by atoms with Gasteiger partial charge in [0.2, 0.25) is 0 Å². The van der Waals surface area contributed by atoms with E-state index >= 15 is 0 Å². The second kappa shape index (κ2) is 5.38. The van der Waals surface area contributed by atoms with Gasteiger partial charge in [-0.05, 0) is 50.0 Å². The van der Waals surface area contributed by atoms with Crippen molar-refractivity contribution in [3.05, 3.63) is 35.9 Å². The quantitative estimate of drug-likeness (QED) is 0.797. The lowest BCUT2D eigenvalue weighted by Gasteiger charge is -2.42. The molecule has 1 fully saturated rings. The first-order chi connectivity index (χ1) is 10.1. The predicted molar refractivity (Wildman–Crippen MR) is 85.2 cm³/mol. The summed E-state index contributed by atoms with van der Waals surface area (Å²) in [6.07, 6.45) is 7.13. The van der Waals surface area contributed by atoms with Crippen molar-refractivity contribution >= 4 is 0 Å². The summed E-state index contributed by atoms with van der Waals surface area (Å²) in [7, 11) is 5.64. The van der Waals surface area contributed by atoms with Crippen molar-refractivity contribution in [2.75, 3.05) is 27.8 Å². The molecule has 0 saturated carbocycles. The lowest BCUT2D eigenvalue weighted by atomic mass is 9.66. The number of allylic oxidation sites excluding steroid dienone is 1. The average Bonchev–Trinajstić information content (AvgIpc) is 2.86. The molecule has 1 aromatic carbocycles. The van der Waals surface area contributed by atoms with Gasteiger partial charge in [-0.15, -0.1) is 0 Å². The zero-order valence-electron chi connectivity index (χ0n) is 13.4. The SMILES string of the molecule is COc1ccc([C@@]23C=CCC(C)C2N(C)CC3)cc1OC. The van der Waals surface area contributed by atoms with E-state index in [-0.39, 0.29) is 5.41 Å². The van der Waals surface area contributed by atoms with Crippen LogP contribution in [0.2, 0.25) is 0 Å². The first kappa shape index (κ1) is 14.5. The highest BCUT2D eigenvalue weighted by molar-refractivity contribution is 5.48. The molecule has 3 nitrogen and oxygen atoms in total. The first-order valence-electron chi connectivity index (χ1n) is 7.73. The summed E-state index contributed by atoms with van der Waals surface area (Å²) in [5.74, 6) is 2.30. The molecule has 2 unspecified atom stereocenters. The summed E-state index contributed by atoms with van der Waals surface area (Å²) in [6.45, 7) is 3.51. The Bertz CT molecular complexity index is 554. The van der Waals surface area contributed by atoms with Crippen LogP contribution in [-0.4, -0.2) is 38.8 Å². The van der Waals surface area contributed by atoms with E-state index in [0.717, 1.165) is 18.0 Å². The van der Waals surface area contributed by atoms with Crippen LogP contribution in [0.5, 0.6) is 11.5 Å². The van der Waals surface area contributed by atoms with Gasteiger partial charge in [0.05, 0.1) is 14.2 Å². The van der Waals surface area contributed by atoms with Crippen LogP contribution < -0.4 is 9.47 Å². The van der Waals surface area contributed by atoms with E-state index in [1.807, 2.05) is 6.07 Å². The lowest BCUT2D eigenvalue weighted by Crippen LogP contribution is -2.46. The first-order valence-corrected chi connectivity index (χ1v) is 7.73. The molecular formula is C18H25NO2. The van der Waals surface area contributed by atoms with Crippen LogP contribution in [0.4, 0.5) is 0 Å². The average molecular weight is 287 g/mol. The topological polar surface area (TPSA) is 21.7 Å². The predicted octanol–water partition coefficient (Wildman–Crippen LogP) is 3.24. The van der Waals surface area contributed by atoms with Gasteiger partial charge in [-0.25, -0.2) is 0 Å². The second-order valence-electron chi connectivity index (χ2n) is 6.40. The fourth-order valence-electron chi connectivity index (χ4n) is 4.32. The Hall–Kier alpha value is -1.48. The lowest BCUT2D eigenvalue weighted by molar-refractivity contribution is 0.190. The van der Waals surface area contributed by atoms with Crippen LogP contribution in [-0.2, 0) is 5.41 Å². The van der Waals surface area contributed by atoms with E-state index in [2.05, 4.69) is 43.2 Å². The summed E-state index contributed by atoms with van der Waals surface area (Å²) in [4.78, 5) is 2.52. The van der Waals surface area contributed by atoms with E-state index in [9.17, 15) is 0 Å². The maximum Gasteiger partial charge on any atom is 0.161 e. The summed E-state index contributed by atoms with van der Waals surface area (Å²) in [5.41, 5.74) is 1.46. The molecule has 1 aromatic rings. The highest BCUT2D eigenvalue weighted by Crippen LogP contribution is 2.48. The third kappa shape index (κ3) is 2.15. The number of rotatable bonds is 3. The number of nitrogens with zero attached hydrogens (tertiary/aromatic N) is 1. The van der Waals surface area contributed by atoms with E-state index in [4.69, 9.17) is 9.47 Å². The number of hydrogen-bond donors (Lipinski definition) is 0. The van der Waals surface area contributed by atoms with Gasteiger partial charge in [0.1, 0.15) is 0 Å². The fourth-order valence-corrected chi connectivity index (χ4v) is 4.32. The van der Waals surface area contributed by atoms with Crippen LogP contribution >= 0.6 is 0 Å². The molecule has 3 atom stereocenters. The molecule has 3 heteroatoms. The zero-order chi connectivity index (χ0) is 15.0. The Balaban J connectivity index is 2.09. The van der Waals surface area contributed by atoms with Gasteiger partial charge in [-0.3, -0.25) is 0 Å². The molecule has 2 aliphatic rings. The third-order valence-corrected chi connectivity index (χ3v) is 5.26. The highest BCUT2D eigenvalue weighted by atomic mass is 16.5. The van der Waals surface area contributed by atoms with Gasteiger partial charge in [-0.1, -0.05) is 25.1 Å². The van der Waals surface area contributed by atoms with Gasteiger partial charge in [0, 0.05) is 11.5 Å². The van der Waals surface area contributed by atoms with E-state index < -0.39 is 0 Å². The molecule has 0 aromatic heterocycles. The Kier molecular flexibility index (Phi) is 3.70. The van der Waals surface area contributed by atoms with Gasteiger partial charge >= 0.3 is 0 Å². The Morgan fingerprint density at radius 2 is 1.95 bits per heavy atom. The fraction of sp³-hybridized carbons (Fsp3) is 0.556. The summed E-state index contributed by atoms with van der Waals surface area (Å²) in [6, 6.07) is 6.97. The van der Waals surface area contributed by atoms with Gasteiger partial charge in [-0.2, -0.15) is 0 Å². The maximum absolute atomic E-state index is 5.50. The zero-order valence-corrected chi connectivity index (χ0v) is 13.4. The maximum atomic E-state index is 5.50. The van der Waals surface area contributed by atoms with E-state index in [1.165, 1.54) is 18.4 Å². The number of likely N-dealkylation sites (tertiary alicyclic amines) is 1. The molecule has 114 valence electrons. The molecule has 1 aliphatic heterocycles. The molecule has 1 saturated heterocycles. The van der Waals surface area contributed by atoms with E-state index in [1.54, 1.807) is 14.2 Å². The molecule has 21 heavy (non-hydrogen) atoms. The van der Waals surface area contributed by atoms with Crippen LogP contribution in [0.3, 0.4) is 0 Å². The largest absolute Gasteiger partial charge is 0.493 e. The Morgan fingerprint density at radius 1 is 1.19 bits per heavy atom. The van der Waals surface area contributed by atoms with E-state index in [0.29, 0.717) is 12.0 Å². The molecule has 1 heterocycles. The van der Waals surface area contributed by atoms with Crippen LogP contribution in [0, 0.1) is 5.92 Å². The molecule has 0 spiro atoms. The number of benzene rings is 1. The monoisotopic (exact) mass is 287 g/mol. The van der Waals surface area contributed by atoms with Crippen LogP contribution in [0.15, 0.2) is 30.4 Å². The molecule has 0 bridgehead atoms. The van der Waals surface area contributed by atoms with Crippen molar-refractivity contribution in [1.29, 1.82) is 0 Å².